The molecule has 2 N–H and O–H groups in total. The molecule has 0 heterocycles. The minimum atomic E-state index is 0.0510. The lowest BCUT2D eigenvalue weighted by molar-refractivity contribution is 0.211. The number of rotatable bonds is 7. The smallest absolute Gasteiger partial charge is 0.315 e. The summed E-state index contributed by atoms with van der Waals surface area (Å²) in [6, 6.07) is 0.691. The van der Waals surface area contributed by atoms with Gasteiger partial charge in [-0.15, -0.1) is 0 Å². The molecule has 0 saturated heterocycles. The van der Waals surface area contributed by atoms with Crippen molar-refractivity contribution >= 4 is 6.03 Å². The van der Waals surface area contributed by atoms with Crippen LogP contribution in [0, 0.1) is 11.8 Å². The van der Waals surface area contributed by atoms with Crippen LogP contribution in [0.5, 0.6) is 0 Å². The number of carbonyl (C=O) groups is 1. The van der Waals surface area contributed by atoms with Gasteiger partial charge in [0.1, 0.15) is 0 Å². The zero-order valence-electron chi connectivity index (χ0n) is 14.7. The Morgan fingerprint density at radius 2 is 1.50 bits per heavy atom. The summed E-state index contributed by atoms with van der Waals surface area (Å²) in [5.41, 5.74) is 0. The summed E-state index contributed by atoms with van der Waals surface area (Å²) < 4.78 is 0. The van der Waals surface area contributed by atoms with E-state index in [0.29, 0.717) is 17.9 Å². The lowest BCUT2D eigenvalue weighted by atomic mass is 9.86. The fourth-order valence-corrected chi connectivity index (χ4v) is 4.19. The second-order valence-electron chi connectivity index (χ2n) is 7.73. The Morgan fingerprint density at radius 1 is 1.00 bits per heavy atom. The molecule has 22 heavy (non-hydrogen) atoms. The number of carbonyl (C=O) groups excluding carboxylic acids is 1. The Kier molecular flexibility index (Phi) is 7.00. The topological polar surface area (TPSA) is 44.4 Å². The highest BCUT2D eigenvalue weighted by atomic mass is 16.2. The van der Waals surface area contributed by atoms with Crippen molar-refractivity contribution in [2.45, 2.75) is 76.8 Å². The van der Waals surface area contributed by atoms with Crippen molar-refractivity contribution in [3.63, 3.8) is 0 Å². The van der Waals surface area contributed by atoms with Gasteiger partial charge in [-0.1, -0.05) is 25.7 Å². The Labute approximate surface area is 136 Å². The summed E-state index contributed by atoms with van der Waals surface area (Å²) in [5, 5.41) is 6.49. The van der Waals surface area contributed by atoms with Crippen LogP contribution in [0.15, 0.2) is 0 Å². The van der Waals surface area contributed by atoms with Gasteiger partial charge in [-0.3, -0.25) is 0 Å². The lowest BCUT2D eigenvalue weighted by Gasteiger charge is -2.31. The predicted molar refractivity (Wildman–Crippen MR) is 92.0 cm³/mol. The minimum absolute atomic E-state index is 0.0510. The molecule has 2 amide bonds. The number of urea groups is 1. The van der Waals surface area contributed by atoms with Crippen molar-refractivity contribution in [1.29, 1.82) is 0 Å². The summed E-state index contributed by atoms with van der Waals surface area (Å²) in [7, 11) is 4.14. The minimum Gasteiger partial charge on any atom is -0.336 e. The third-order valence-corrected chi connectivity index (χ3v) is 5.50. The van der Waals surface area contributed by atoms with Crippen molar-refractivity contribution in [1.82, 2.24) is 15.5 Å². The van der Waals surface area contributed by atoms with Crippen LogP contribution in [-0.4, -0.2) is 43.7 Å². The first-order valence-electron chi connectivity index (χ1n) is 9.28. The van der Waals surface area contributed by atoms with E-state index >= 15 is 0 Å². The second kappa shape index (κ2) is 8.76. The predicted octanol–water partition coefficient (Wildman–Crippen LogP) is 3.37. The van der Waals surface area contributed by atoms with E-state index in [1.165, 1.54) is 51.4 Å². The number of hydrogen-bond donors (Lipinski definition) is 2. The van der Waals surface area contributed by atoms with Gasteiger partial charge in [0.15, 0.2) is 0 Å². The van der Waals surface area contributed by atoms with Gasteiger partial charge in [-0.2, -0.15) is 0 Å². The first-order chi connectivity index (χ1) is 10.6. The molecule has 4 heteroatoms. The first kappa shape index (κ1) is 17.6. The second-order valence-corrected chi connectivity index (χ2v) is 7.73. The molecule has 0 bridgehead atoms. The van der Waals surface area contributed by atoms with Crippen molar-refractivity contribution in [2.75, 3.05) is 20.6 Å². The van der Waals surface area contributed by atoms with Gasteiger partial charge in [0.25, 0.3) is 0 Å². The maximum Gasteiger partial charge on any atom is 0.315 e. The first-order valence-corrected chi connectivity index (χ1v) is 9.28. The number of hydrogen-bond acceptors (Lipinski definition) is 2. The average molecular weight is 309 g/mol. The van der Waals surface area contributed by atoms with Crippen molar-refractivity contribution in [3.8, 4) is 0 Å². The van der Waals surface area contributed by atoms with E-state index in [1.54, 1.807) is 0 Å². The highest BCUT2D eigenvalue weighted by Gasteiger charge is 2.34. The lowest BCUT2D eigenvalue weighted by Crippen LogP contribution is -2.50. The Balaban J connectivity index is 1.82. The number of amides is 2. The molecule has 128 valence electrons. The fourth-order valence-electron chi connectivity index (χ4n) is 4.19. The van der Waals surface area contributed by atoms with Crippen molar-refractivity contribution in [2.24, 2.45) is 11.8 Å². The number of nitrogens with zero attached hydrogens (tertiary/aromatic N) is 1. The molecule has 0 aromatic carbocycles. The van der Waals surface area contributed by atoms with Crippen LogP contribution in [0.3, 0.4) is 0 Å². The molecule has 4 nitrogen and oxygen atoms in total. The summed E-state index contributed by atoms with van der Waals surface area (Å²) in [4.78, 5) is 14.5. The van der Waals surface area contributed by atoms with Gasteiger partial charge in [0, 0.05) is 12.1 Å². The highest BCUT2D eigenvalue weighted by Crippen LogP contribution is 2.37. The normalized spacial score (nSPS) is 21.7. The van der Waals surface area contributed by atoms with Crippen LogP contribution < -0.4 is 10.6 Å². The van der Waals surface area contributed by atoms with E-state index in [2.05, 4.69) is 36.6 Å². The molecule has 1 atom stereocenters. The largest absolute Gasteiger partial charge is 0.336 e. The van der Waals surface area contributed by atoms with Crippen LogP contribution in [-0.2, 0) is 0 Å². The summed E-state index contributed by atoms with van der Waals surface area (Å²) in [6.07, 6.45) is 11.6. The molecule has 0 aliphatic heterocycles. The molecule has 0 radical (unpaired) electrons. The zero-order valence-corrected chi connectivity index (χ0v) is 14.7. The molecule has 2 rings (SSSR count). The van der Waals surface area contributed by atoms with Crippen LogP contribution in [0.25, 0.3) is 0 Å². The molecule has 0 aromatic heterocycles. The molecule has 2 fully saturated rings. The van der Waals surface area contributed by atoms with E-state index in [4.69, 9.17) is 0 Å². The number of nitrogens with one attached hydrogen (secondary N) is 2. The Bertz CT molecular complexity index is 317. The zero-order chi connectivity index (χ0) is 15.9. The molecule has 1 unspecified atom stereocenters. The third-order valence-electron chi connectivity index (χ3n) is 5.50. The molecular formula is C18H35N3O. The average Bonchev–Trinajstić information content (AvgIpc) is 3.15. The van der Waals surface area contributed by atoms with E-state index < -0.39 is 0 Å². The molecule has 0 spiro atoms. The highest BCUT2D eigenvalue weighted by molar-refractivity contribution is 5.74. The molecule has 2 aliphatic carbocycles. The SMILES string of the molecule is CC(CCN(C)C)NC(=O)NC(C1CCCC1)C1CCCC1. The summed E-state index contributed by atoms with van der Waals surface area (Å²) in [5.74, 6) is 1.43. The monoisotopic (exact) mass is 309 g/mol. The van der Waals surface area contributed by atoms with Gasteiger partial charge in [-0.05, 0) is 71.5 Å². The van der Waals surface area contributed by atoms with Gasteiger partial charge in [-0.25, -0.2) is 4.79 Å². The standard InChI is InChI=1S/C18H35N3O/c1-14(12-13-21(2)3)19-18(22)20-17(15-8-4-5-9-15)16-10-6-7-11-16/h14-17H,4-13H2,1-3H3,(H2,19,20,22). The Morgan fingerprint density at radius 3 is 1.95 bits per heavy atom. The Hall–Kier alpha value is -0.770. The maximum absolute atomic E-state index is 12.4. The van der Waals surface area contributed by atoms with Gasteiger partial charge >= 0.3 is 6.03 Å². The maximum atomic E-state index is 12.4. The van der Waals surface area contributed by atoms with E-state index in [-0.39, 0.29) is 12.1 Å². The van der Waals surface area contributed by atoms with Gasteiger partial charge < -0.3 is 15.5 Å². The van der Waals surface area contributed by atoms with Crippen molar-refractivity contribution < 1.29 is 4.79 Å². The van der Waals surface area contributed by atoms with Crippen LogP contribution in [0.4, 0.5) is 4.79 Å². The molecule has 2 aliphatic rings. The van der Waals surface area contributed by atoms with Gasteiger partial charge in [0.2, 0.25) is 0 Å². The van der Waals surface area contributed by atoms with Crippen LogP contribution in [0.2, 0.25) is 0 Å². The van der Waals surface area contributed by atoms with E-state index in [1.807, 2.05) is 0 Å². The van der Waals surface area contributed by atoms with Gasteiger partial charge in [0.05, 0.1) is 0 Å². The van der Waals surface area contributed by atoms with Crippen molar-refractivity contribution in [3.05, 3.63) is 0 Å². The molecule has 0 aromatic rings. The molecule has 2 saturated carbocycles. The molecular weight excluding hydrogens is 274 g/mol. The summed E-state index contributed by atoms with van der Waals surface area (Å²) in [6.45, 7) is 3.11. The fraction of sp³-hybridized carbons (Fsp3) is 0.944. The quantitative estimate of drug-likeness (QED) is 0.757. The third kappa shape index (κ3) is 5.45. The van der Waals surface area contributed by atoms with E-state index in [9.17, 15) is 4.79 Å². The van der Waals surface area contributed by atoms with E-state index in [0.717, 1.165) is 13.0 Å². The van der Waals surface area contributed by atoms with Crippen LogP contribution in [0.1, 0.15) is 64.7 Å². The van der Waals surface area contributed by atoms with Crippen LogP contribution >= 0.6 is 0 Å². The summed E-state index contributed by atoms with van der Waals surface area (Å²) >= 11 is 0.